The molecule has 2 heteroatoms. The molecule has 0 saturated carbocycles. The maximum atomic E-state index is 5.56. The van der Waals surface area contributed by atoms with Crippen LogP contribution in [0.5, 0.6) is 0 Å². The molecule has 1 heterocycles. The maximum Gasteiger partial charge on any atom is 0.134 e. The number of hydrogen-bond donors (Lipinski definition) is 0. The second-order valence-electron chi connectivity index (χ2n) is 7.59. The molecule has 4 aromatic carbocycles. The van der Waals surface area contributed by atoms with E-state index < -0.39 is 8.80 Å². The minimum Gasteiger partial charge on any atom is -0.464 e. The summed E-state index contributed by atoms with van der Waals surface area (Å²) in [7, 11) is -0.612. The van der Waals surface area contributed by atoms with E-state index in [1.807, 2.05) is 0 Å². The summed E-state index contributed by atoms with van der Waals surface area (Å²) in [6.45, 7) is 4.67. The van der Waals surface area contributed by atoms with E-state index in [0.29, 0.717) is 0 Å². The van der Waals surface area contributed by atoms with Gasteiger partial charge in [-0.05, 0) is 68.7 Å². The van der Waals surface area contributed by atoms with E-state index in [0.717, 1.165) is 17.2 Å². The topological polar surface area (TPSA) is 13.1 Å². The maximum absolute atomic E-state index is 5.56. The highest BCUT2D eigenvalue weighted by atomic mass is 28.3. The smallest absolute Gasteiger partial charge is 0.134 e. The van der Waals surface area contributed by atoms with E-state index in [-0.39, 0.29) is 0 Å². The van der Waals surface area contributed by atoms with Crippen LogP contribution in [0.25, 0.3) is 43.3 Å². The monoisotopic (exact) mass is 364 g/mol. The van der Waals surface area contributed by atoms with Crippen LogP contribution >= 0.6 is 0 Å². The first kappa shape index (κ1) is 16.2. The number of fused-ring (bicyclic) bond motifs is 6. The van der Waals surface area contributed by atoms with Crippen molar-refractivity contribution < 1.29 is 4.42 Å². The summed E-state index contributed by atoms with van der Waals surface area (Å²) in [5.74, 6) is 6.68. The molecule has 0 fully saturated rings. The third-order valence-corrected chi connectivity index (χ3v) is 6.17. The van der Waals surface area contributed by atoms with Gasteiger partial charge in [0.25, 0.3) is 0 Å². The zero-order valence-electron chi connectivity index (χ0n) is 15.5. The lowest BCUT2D eigenvalue weighted by atomic mass is 9.96. The van der Waals surface area contributed by atoms with Gasteiger partial charge in [-0.15, -0.1) is 5.92 Å². The Morgan fingerprint density at radius 2 is 1.56 bits per heavy atom. The average Bonchev–Trinajstić information content (AvgIpc) is 3.15. The Morgan fingerprint density at radius 3 is 2.44 bits per heavy atom. The van der Waals surface area contributed by atoms with E-state index in [4.69, 9.17) is 4.42 Å². The number of benzene rings is 4. The Labute approximate surface area is 160 Å². The van der Waals surface area contributed by atoms with E-state index >= 15 is 0 Å². The van der Waals surface area contributed by atoms with Crippen molar-refractivity contribution in [3.8, 4) is 11.8 Å². The van der Waals surface area contributed by atoms with Gasteiger partial charge in [-0.1, -0.05) is 43.3 Å². The molecule has 0 spiro atoms. The Balaban J connectivity index is 1.71. The summed E-state index contributed by atoms with van der Waals surface area (Å²) >= 11 is 0. The Morgan fingerprint density at radius 1 is 0.741 bits per heavy atom. The van der Waals surface area contributed by atoms with Crippen molar-refractivity contribution in [3.63, 3.8) is 0 Å². The van der Waals surface area contributed by atoms with Gasteiger partial charge in [-0.2, -0.15) is 0 Å². The van der Waals surface area contributed by atoms with Crippen LogP contribution in [0.3, 0.4) is 0 Å². The first-order valence-electron chi connectivity index (χ1n) is 9.44. The van der Waals surface area contributed by atoms with Crippen LogP contribution < -0.4 is 0 Å². The van der Waals surface area contributed by atoms with Crippen molar-refractivity contribution in [3.05, 3.63) is 72.5 Å². The van der Waals surface area contributed by atoms with Gasteiger partial charge >= 0.3 is 0 Å². The minimum absolute atomic E-state index is 0.612. The third kappa shape index (κ3) is 2.81. The number of hydrogen-bond acceptors (Lipinski definition) is 1. The zero-order valence-corrected chi connectivity index (χ0v) is 16.7. The molecule has 0 radical (unpaired) electrons. The molecule has 1 nitrogen and oxygen atoms in total. The largest absolute Gasteiger partial charge is 0.464 e. The van der Waals surface area contributed by atoms with Crippen LogP contribution in [0.4, 0.5) is 0 Å². The number of furan rings is 1. The first-order chi connectivity index (χ1) is 13.2. The molecular weight excluding hydrogens is 344 g/mol. The lowest BCUT2D eigenvalue weighted by molar-refractivity contribution is 0.616. The predicted octanol–water partition coefficient (Wildman–Crippen LogP) is 6.73. The van der Waals surface area contributed by atoms with Gasteiger partial charge in [-0.25, -0.2) is 0 Å². The molecule has 0 aliphatic heterocycles. The lowest BCUT2D eigenvalue weighted by Gasteiger charge is -2.07. The van der Waals surface area contributed by atoms with Crippen LogP contribution in [-0.4, -0.2) is 8.80 Å². The fraction of sp³-hybridized carbons (Fsp3) is 0.120. The third-order valence-electron chi connectivity index (χ3n) is 5.15. The normalized spacial score (nSPS) is 11.5. The summed E-state index contributed by atoms with van der Waals surface area (Å²) in [4.78, 5) is 0. The summed E-state index contributed by atoms with van der Waals surface area (Å²) in [5.41, 5.74) is 2.05. The molecule has 0 saturated heterocycles. The van der Waals surface area contributed by atoms with Gasteiger partial charge in [-0.3, -0.25) is 0 Å². The van der Waals surface area contributed by atoms with Crippen LogP contribution in [0, 0.1) is 11.8 Å². The van der Waals surface area contributed by atoms with Gasteiger partial charge in [0.15, 0.2) is 0 Å². The second kappa shape index (κ2) is 6.30. The number of rotatable bonds is 1. The van der Waals surface area contributed by atoms with Crippen molar-refractivity contribution in [1.29, 1.82) is 0 Å². The summed E-state index contributed by atoms with van der Waals surface area (Å²) < 4.78 is 5.56. The average molecular weight is 365 g/mol. The quantitative estimate of drug-likeness (QED) is 0.139. The summed E-state index contributed by atoms with van der Waals surface area (Å²) in [6.07, 6.45) is 1.76. The molecular formula is C25H20OSi. The second-order valence-corrected chi connectivity index (χ2v) is 10.8. The fourth-order valence-electron chi connectivity index (χ4n) is 3.78. The zero-order chi connectivity index (χ0) is 18.4. The van der Waals surface area contributed by atoms with Crippen LogP contribution in [0.2, 0.25) is 19.1 Å². The Bertz CT molecular complexity index is 1380. The van der Waals surface area contributed by atoms with Gasteiger partial charge in [0.2, 0.25) is 0 Å². The molecule has 0 unspecified atom stereocenters. The molecule has 0 bridgehead atoms. The van der Waals surface area contributed by atoms with Gasteiger partial charge in [0, 0.05) is 25.8 Å². The van der Waals surface area contributed by atoms with Gasteiger partial charge in [0.1, 0.15) is 5.58 Å². The molecule has 0 aliphatic rings. The van der Waals surface area contributed by atoms with Crippen LogP contribution in [-0.2, 0) is 0 Å². The summed E-state index contributed by atoms with van der Waals surface area (Å²) in [6, 6.07) is 22.9. The molecule has 5 rings (SSSR count). The highest BCUT2D eigenvalue weighted by Gasteiger charge is 2.07. The van der Waals surface area contributed by atoms with Crippen LogP contribution in [0.1, 0.15) is 5.56 Å². The van der Waals surface area contributed by atoms with Crippen molar-refractivity contribution in [2.45, 2.75) is 19.1 Å². The van der Waals surface area contributed by atoms with E-state index in [1.165, 1.54) is 37.7 Å². The minimum atomic E-state index is -0.612. The van der Waals surface area contributed by atoms with E-state index in [2.05, 4.69) is 85.6 Å². The highest BCUT2D eigenvalue weighted by Crippen LogP contribution is 2.34. The Hall–Kier alpha value is -3.02. The van der Waals surface area contributed by atoms with Crippen LogP contribution in [0.15, 0.2) is 71.3 Å². The highest BCUT2D eigenvalue weighted by molar-refractivity contribution is 6.56. The molecule has 130 valence electrons. The SMILES string of the molecule is C[SiH](C)CC#Cc1ccc2cc3c(ccc4c5ccoc5ccc34)cc2c1. The Kier molecular flexibility index (Phi) is 3.77. The van der Waals surface area contributed by atoms with E-state index in [1.54, 1.807) is 6.26 Å². The molecule has 5 aromatic rings. The molecule has 0 atom stereocenters. The van der Waals surface area contributed by atoms with E-state index in [9.17, 15) is 0 Å². The first-order valence-corrected chi connectivity index (χ1v) is 12.6. The molecule has 0 amide bonds. The summed E-state index contributed by atoms with van der Waals surface area (Å²) in [5, 5.41) is 8.74. The van der Waals surface area contributed by atoms with Crippen molar-refractivity contribution in [2.75, 3.05) is 0 Å². The van der Waals surface area contributed by atoms with Crippen molar-refractivity contribution >= 4 is 52.1 Å². The van der Waals surface area contributed by atoms with Gasteiger partial charge < -0.3 is 4.42 Å². The fourth-order valence-corrected chi connectivity index (χ4v) is 4.29. The van der Waals surface area contributed by atoms with Crippen molar-refractivity contribution in [2.24, 2.45) is 0 Å². The molecule has 0 aliphatic carbocycles. The molecule has 0 N–H and O–H groups in total. The molecule has 1 aromatic heterocycles. The van der Waals surface area contributed by atoms with Crippen molar-refractivity contribution in [1.82, 2.24) is 0 Å². The standard InChI is InChI=1S/C25H20OSi/c1-27(2)13-3-4-17-5-6-18-16-24-19(15-20(18)14-17)7-8-21-22(24)9-10-25-23(21)11-12-26-25/h5-12,14-16,27H,13H2,1-2H3. The lowest BCUT2D eigenvalue weighted by Crippen LogP contribution is -1.95. The predicted molar refractivity (Wildman–Crippen MR) is 119 cm³/mol. The van der Waals surface area contributed by atoms with Gasteiger partial charge in [0.05, 0.1) is 6.26 Å². The molecule has 27 heavy (non-hydrogen) atoms.